The third-order valence-corrected chi connectivity index (χ3v) is 7.98. The summed E-state index contributed by atoms with van der Waals surface area (Å²) in [6.45, 7) is 5.83. The summed E-state index contributed by atoms with van der Waals surface area (Å²) in [7, 11) is 1.64. The fraction of sp³-hybridized carbons (Fsp3) is 0.333. The lowest BCUT2D eigenvalue weighted by Gasteiger charge is -2.24. The van der Waals surface area contributed by atoms with Crippen LogP contribution in [0.5, 0.6) is 0 Å². The molecule has 0 aliphatic heterocycles. The van der Waals surface area contributed by atoms with E-state index in [-0.39, 0.29) is 25.4 Å². The van der Waals surface area contributed by atoms with Gasteiger partial charge in [0.1, 0.15) is 12.2 Å². The lowest BCUT2D eigenvalue weighted by atomic mass is 10.0. The molecule has 4 aromatic carbocycles. The first kappa shape index (κ1) is 39.3. The average molecular weight is 709 g/mol. The van der Waals surface area contributed by atoms with Crippen molar-refractivity contribution in [3.8, 4) is 0 Å². The number of anilines is 2. The smallest absolute Gasteiger partial charge is 0.411 e. The molecule has 0 spiro atoms. The molecule has 0 unspecified atom stereocenters. The molecule has 0 saturated heterocycles. The minimum absolute atomic E-state index is 0.0632. The molecule has 0 saturated carbocycles. The Morgan fingerprint density at radius 2 is 0.981 bits per heavy atom. The van der Waals surface area contributed by atoms with Gasteiger partial charge >= 0.3 is 18.0 Å². The number of esters is 2. The molecule has 4 aromatic rings. The normalized spacial score (nSPS) is 11.0. The second kappa shape index (κ2) is 19.8. The fourth-order valence-corrected chi connectivity index (χ4v) is 5.32. The second-order valence-electron chi connectivity index (χ2n) is 13.3. The Morgan fingerprint density at radius 1 is 0.558 bits per heavy atom. The molecule has 52 heavy (non-hydrogen) atoms. The number of amides is 2. The number of carbonyl (C=O) groups excluding carboxylic acids is 4. The zero-order valence-corrected chi connectivity index (χ0v) is 30.4. The first-order chi connectivity index (χ1) is 25.0. The van der Waals surface area contributed by atoms with Crippen LogP contribution in [0.1, 0.15) is 67.0 Å². The molecule has 0 aromatic heterocycles. The Balaban J connectivity index is 1.14. The minimum Gasteiger partial charge on any atom is -0.461 e. The van der Waals surface area contributed by atoms with Crippen LogP contribution in [0, 0.1) is 0 Å². The van der Waals surface area contributed by atoms with Crippen LogP contribution in [-0.4, -0.2) is 56.5 Å². The van der Waals surface area contributed by atoms with Gasteiger partial charge in [-0.05, 0) is 97.2 Å². The van der Waals surface area contributed by atoms with Gasteiger partial charge in [-0.3, -0.25) is 19.7 Å². The number of rotatable bonds is 18. The van der Waals surface area contributed by atoms with Gasteiger partial charge in [-0.15, -0.1) is 0 Å². The zero-order chi connectivity index (χ0) is 37.3. The molecular formula is C42H48N2O8. The van der Waals surface area contributed by atoms with Gasteiger partial charge in [-0.2, -0.15) is 0 Å². The van der Waals surface area contributed by atoms with Gasteiger partial charge in [0, 0.05) is 32.0 Å². The van der Waals surface area contributed by atoms with E-state index in [1.165, 1.54) is 6.92 Å². The fourth-order valence-electron chi connectivity index (χ4n) is 5.32. The molecule has 2 N–H and O–H groups in total. The summed E-state index contributed by atoms with van der Waals surface area (Å²) >= 11 is 0. The number of carbonyl (C=O) groups is 4. The summed E-state index contributed by atoms with van der Waals surface area (Å²) in [4.78, 5) is 48.5. The van der Waals surface area contributed by atoms with E-state index < -0.39 is 23.6 Å². The highest BCUT2D eigenvalue weighted by molar-refractivity contribution is 5.88. The van der Waals surface area contributed by atoms with Crippen molar-refractivity contribution in [2.75, 3.05) is 37.6 Å². The van der Waals surface area contributed by atoms with E-state index in [1.807, 2.05) is 97.1 Å². The molecule has 4 rings (SSSR count). The van der Waals surface area contributed by atoms with Gasteiger partial charge in [0.15, 0.2) is 0 Å². The summed E-state index contributed by atoms with van der Waals surface area (Å²) < 4.78 is 21.3. The third-order valence-electron chi connectivity index (χ3n) is 7.98. The van der Waals surface area contributed by atoms with Gasteiger partial charge in [0.05, 0.1) is 19.4 Å². The number of ether oxygens (including phenoxy) is 4. The lowest BCUT2D eigenvalue weighted by Crippen LogP contribution is -2.35. The highest BCUT2D eigenvalue weighted by atomic mass is 16.6. The van der Waals surface area contributed by atoms with Gasteiger partial charge in [0.2, 0.25) is 5.91 Å². The molecule has 10 nitrogen and oxygen atoms in total. The monoisotopic (exact) mass is 708 g/mol. The number of hydrogen-bond donors (Lipinski definition) is 2. The van der Waals surface area contributed by atoms with E-state index in [1.54, 1.807) is 21.0 Å². The van der Waals surface area contributed by atoms with Gasteiger partial charge in [0.25, 0.3) is 0 Å². The molecule has 0 radical (unpaired) electrons. The highest BCUT2D eigenvalue weighted by Crippen LogP contribution is 2.18. The van der Waals surface area contributed by atoms with Crippen LogP contribution in [-0.2, 0) is 59.0 Å². The number of unbranched alkanes of at least 4 members (excludes halogenated alkanes) is 1. The topological polar surface area (TPSA) is 129 Å². The summed E-state index contributed by atoms with van der Waals surface area (Å²) in [5, 5.41) is 5.49. The van der Waals surface area contributed by atoms with Crippen molar-refractivity contribution >= 4 is 35.3 Å². The van der Waals surface area contributed by atoms with E-state index in [4.69, 9.17) is 18.9 Å². The SMILES string of the molecule is COCCCCOC(=O)Nc1ccc(Cc2ccc(CC(=O)OCC(C)(C)OC(=O)Cc3ccc(Cc4ccc(NC(C)=O)cc4)cc3)cc2)cc1. The molecule has 0 bridgehead atoms. The van der Waals surface area contributed by atoms with Crippen molar-refractivity contribution in [1.82, 2.24) is 0 Å². The lowest BCUT2D eigenvalue weighted by molar-refractivity contribution is -0.167. The predicted octanol–water partition coefficient (Wildman–Crippen LogP) is 7.45. The maximum atomic E-state index is 12.7. The summed E-state index contributed by atoms with van der Waals surface area (Å²) in [5.74, 6) is -0.924. The minimum atomic E-state index is -0.991. The largest absolute Gasteiger partial charge is 0.461 e. The number of nitrogens with one attached hydrogen (secondary N) is 2. The second-order valence-corrected chi connectivity index (χ2v) is 13.3. The molecular weight excluding hydrogens is 660 g/mol. The van der Waals surface area contributed by atoms with E-state index in [2.05, 4.69) is 10.6 Å². The van der Waals surface area contributed by atoms with Crippen LogP contribution in [0.25, 0.3) is 0 Å². The van der Waals surface area contributed by atoms with Gasteiger partial charge in [-0.1, -0.05) is 72.8 Å². The summed E-state index contributed by atoms with van der Waals surface area (Å²) in [5.41, 5.74) is 6.40. The van der Waals surface area contributed by atoms with Crippen molar-refractivity contribution in [1.29, 1.82) is 0 Å². The molecule has 0 fully saturated rings. The Hall–Kier alpha value is -5.48. The maximum absolute atomic E-state index is 12.7. The van der Waals surface area contributed by atoms with Crippen molar-refractivity contribution in [3.05, 3.63) is 130 Å². The van der Waals surface area contributed by atoms with Crippen molar-refractivity contribution < 1.29 is 38.1 Å². The Labute approximate surface area is 305 Å². The van der Waals surface area contributed by atoms with Gasteiger partial charge < -0.3 is 24.3 Å². The van der Waals surface area contributed by atoms with Crippen LogP contribution in [0.2, 0.25) is 0 Å². The summed E-state index contributed by atoms with van der Waals surface area (Å²) in [6.07, 6.45) is 2.70. The Morgan fingerprint density at radius 3 is 1.46 bits per heavy atom. The number of benzene rings is 4. The zero-order valence-electron chi connectivity index (χ0n) is 30.4. The van der Waals surface area contributed by atoms with Crippen LogP contribution in [0.4, 0.5) is 16.2 Å². The quantitative estimate of drug-likeness (QED) is 0.0620. The molecule has 0 heterocycles. The first-order valence-electron chi connectivity index (χ1n) is 17.4. The number of hydrogen-bond acceptors (Lipinski definition) is 8. The highest BCUT2D eigenvalue weighted by Gasteiger charge is 2.25. The van der Waals surface area contributed by atoms with Crippen molar-refractivity contribution in [2.24, 2.45) is 0 Å². The van der Waals surface area contributed by atoms with Crippen LogP contribution in [0.3, 0.4) is 0 Å². The van der Waals surface area contributed by atoms with E-state index in [9.17, 15) is 19.2 Å². The van der Waals surface area contributed by atoms with Crippen molar-refractivity contribution in [2.45, 2.75) is 64.9 Å². The van der Waals surface area contributed by atoms with Crippen molar-refractivity contribution in [3.63, 3.8) is 0 Å². The Bertz CT molecular complexity index is 1750. The Kier molecular flexibility index (Phi) is 15.0. The molecule has 2 amide bonds. The van der Waals surface area contributed by atoms with E-state index >= 15 is 0 Å². The molecule has 0 atom stereocenters. The van der Waals surface area contributed by atoms with E-state index in [0.717, 1.165) is 58.3 Å². The standard InChI is InChI=1S/C42H48N2O8/c1-30(45)43-37-19-15-33(16-20-37)25-32-9-13-36(14-10-32)28-40(47)52-42(2,3)29-51-39(46)27-35-11-7-31(8-12-35)26-34-17-21-38(22-18-34)44-41(48)50-24-6-5-23-49-4/h7-22H,5-6,23-29H2,1-4H3,(H,43,45)(H,44,48). The summed E-state index contributed by atoms with van der Waals surface area (Å²) in [6, 6.07) is 30.8. The molecule has 10 heteroatoms. The van der Waals surface area contributed by atoms with Crippen LogP contribution >= 0.6 is 0 Å². The number of methoxy groups -OCH3 is 1. The molecule has 0 aliphatic carbocycles. The van der Waals surface area contributed by atoms with Crippen LogP contribution < -0.4 is 10.6 Å². The molecule has 274 valence electrons. The predicted molar refractivity (Wildman–Crippen MR) is 200 cm³/mol. The third kappa shape index (κ3) is 14.4. The molecule has 0 aliphatic rings. The average Bonchev–Trinajstić information content (AvgIpc) is 3.10. The first-order valence-corrected chi connectivity index (χ1v) is 17.4. The van der Waals surface area contributed by atoms with Gasteiger partial charge in [-0.25, -0.2) is 4.79 Å². The maximum Gasteiger partial charge on any atom is 0.411 e. The van der Waals surface area contributed by atoms with Crippen LogP contribution in [0.15, 0.2) is 97.1 Å². The van der Waals surface area contributed by atoms with E-state index in [0.29, 0.717) is 25.3 Å².